The Labute approximate surface area is 102 Å². The number of hydrogen-bond donors (Lipinski definition) is 1. The molecule has 0 aromatic carbocycles. The van der Waals surface area contributed by atoms with E-state index in [1.165, 1.54) is 32.2 Å². The van der Waals surface area contributed by atoms with Gasteiger partial charge in [0.25, 0.3) is 0 Å². The average molecular weight is 226 g/mol. The zero-order chi connectivity index (χ0) is 12.1. The Morgan fingerprint density at radius 2 is 2.00 bits per heavy atom. The highest BCUT2D eigenvalue weighted by Crippen LogP contribution is 2.29. The van der Waals surface area contributed by atoms with Crippen LogP contribution in [0, 0.1) is 11.8 Å². The molecule has 0 heterocycles. The summed E-state index contributed by atoms with van der Waals surface area (Å²) in [5.41, 5.74) is 0. The van der Waals surface area contributed by atoms with Crippen LogP contribution in [-0.2, 0) is 0 Å². The summed E-state index contributed by atoms with van der Waals surface area (Å²) >= 11 is 0. The molecule has 0 aromatic heterocycles. The lowest BCUT2D eigenvalue weighted by Gasteiger charge is -2.41. The van der Waals surface area contributed by atoms with Crippen molar-refractivity contribution >= 4 is 0 Å². The highest BCUT2D eigenvalue weighted by Gasteiger charge is 2.31. The predicted molar refractivity (Wildman–Crippen MR) is 71.7 cm³/mol. The van der Waals surface area contributed by atoms with Crippen LogP contribution in [-0.4, -0.2) is 37.6 Å². The monoisotopic (exact) mass is 226 g/mol. The van der Waals surface area contributed by atoms with Crippen molar-refractivity contribution in [1.29, 1.82) is 0 Å². The smallest absolute Gasteiger partial charge is 0.0248 e. The topological polar surface area (TPSA) is 15.3 Å². The van der Waals surface area contributed by atoms with E-state index >= 15 is 0 Å². The number of hydrogen-bond acceptors (Lipinski definition) is 2. The molecule has 1 rings (SSSR count). The van der Waals surface area contributed by atoms with E-state index in [1.807, 2.05) is 0 Å². The Morgan fingerprint density at radius 3 is 2.50 bits per heavy atom. The van der Waals surface area contributed by atoms with Gasteiger partial charge >= 0.3 is 0 Å². The normalized spacial score (nSPS) is 31.3. The summed E-state index contributed by atoms with van der Waals surface area (Å²) in [6.45, 7) is 8.18. The van der Waals surface area contributed by atoms with Crippen LogP contribution in [0.5, 0.6) is 0 Å². The van der Waals surface area contributed by atoms with Gasteiger partial charge in [0.1, 0.15) is 0 Å². The highest BCUT2D eigenvalue weighted by atomic mass is 15.2. The minimum absolute atomic E-state index is 0.701. The van der Waals surface area contributed by atoms with Crippen LogP contribution in [0.25, 0.3) is 0 Å². The maximum atomic E-state index is 3.51. The second-order valence-corrected chi connectivity index (χ2v) is 5.88. The first-order valence-corrected chi connectivity index (χ1v) is 6.95. The molecule has 16 heavy (non-hydrogen) atoms. The SMILES string of the molecule is CCC1CCC(NC)C(N(C)CC(C)C)C1. The molecule has 1 aliphatic carbocycles. The number of nitrogens with one attached hydrogen (secondary N) is 1. The van der Waals surface area contributed by atoms with Crippen molar-refractivity contribution in [2.75, 3.05) is 20.6 Å². The fourth-order valence-corrected chi connectivity index (χ4v) is 3.14. The molecular formula is C14H30N2. The molecule has 0 radical (unpaired) electrons. The van der Waals surface area contributed by atoms with Crippen LogP contribution in [0.4, 0.5) is 0 Å². The summed E-state index contributed by atoms with van der Waals surface area (Å²) in [6, 6.07) is 1.44. The molecule has 96 valence electrons. The van der Waals surface area contributed by atoms with Crippen molar-refractivity contribution in [3.8, 4) is 0 Å². The lowest BCUT2D eigenvalue weighted by molar-refractivity contribution is 0.111. The van der Waals surface area contributed by atoms with E-state index in [0.29, 0.717) is 6.04 Å². The highest BCUT2D eigenvalue weighted by molar-refractivity contribution is 4.89. The van der Waals surface area contributed by atoms with Gasteiger partial charge in [0, 0.05) is 18.6 Å². The maximum Gasteiger partial charge on any atom is 0.0248 e. The Morgan fingerprint density at radius 1 is 1.31 bits per heavy atom. The number of rotatable bonds is 5. The summed E-state index contributed by atoms with van der Waals surface area (Å²) in [6.07, 6.45) is 5.49. The molecule has 0 spiro atoms. The zero-order valence-electron chi connectivity index (χ0n) is 11.8. The summed E-state index contributed by atoms with van der Waals surface area (Å²) < 4.78 is 0. The Kier molecular flexibility index (Phi) is 5.77. The largest absolute Gasteiger partial charge is 0.315 e. The molecule has 3 atom stereocenters. The van der Waals surface area contributed by atoms with Gasteiger partial charge in [-0.2, -0.15) is 0 Å². The van der Waals surface area contributed by atoms with Gasteiger partial charge in [-0.1, -0.05) is 27.2 Å². The Balaban J connectivity index is 2.56. The van der Waals surface area contributed by atoms with Crippen molar-refractivity contribution in [2.45, 2.75) is 58.5 Å². The molecule has 1 N–H and O–H groups in total. The third kappa shape index (κ3) is 3.74. The first kappa shape index (κ1) is 14.0. The number of nitrogens with zero attached hydrogens (tertiary/aromatic N) is 1. The van der Waals surface area contributed by atoms with Gasteiger partial charge in [-0.05, 0) is 45.2 Å². The third-order valence-electron chi connectivity index (χ3n) is 4.09. The molecule has 0 saturated heterocycles. The Hall–Kier alpha value is -0.0800. The molecular weight excluding hydrogens is 196 g/mol. The van der Waals surface area contributed by atoms with Gasteiger partial charge in [0.15, 0.2) is 0 Å². The molecule has 2 nitrogen and oxygen atoms in total. The van der Waals surface area contributed by atoms with E-state index in [4.69, 9.17) is 0 Å². The van der Waals surface area contributed by atoms with Gasteiger partial charge in [0.2, 0.25) is 0 Å². The second kappa shape index (κ2) is 6.61. The van der Waals surface area contributed by atoms with Crippen LogP contribution in [0.1, 0.15) is 46.5 Å². The molecule has 3 unspecified atom stereocenters. The van der Waals surface area contributed by atoms with Crippen molar-refractivity contribution in [3.63, 3.8) is 0 Å². The van der Waals surface area contributed by atoms with Crippen molar-refractivity contribution < 1.29 is 0 Å². The molecule has 1 fully saturated rings. The summed E-state index contributed by atoms with van der Waals surface area (Å²) in [5.74, 6) is 1.72. The maximum absolute atomic E-state index is 3.51. The fourth-order valence-electron chi connectivity index (χ4n) is 3.14. The summed E-state index contributed by atoms with van der Waals surface area (Å²) in [5, 5.41) is 3.51. The van der Waals surface area contributed by atoms with E-state index in [2.05, 4.69) is 45.1 Å². The summed E-state index contributed by atoms with van der Waals surface area (Å²) in [4.78, 5) is 2.58. The van der Waals surface area contributed by atoms with E-state index in [9.17, 15) is 0 Å². The molecule has 1 saturated carbocycles. The minimum Gasteiger partial charge on any atom is -0.315 e. The fraction of sp³-hybridized carbons (Fsp3) is 1.00. The van der Waals surface area contributed by atoms with E-state index < -0.39 is 0 Å². The Bertz CT molecular complexity index is 191. The number of likely N-dealkylation sites (N-methyl/N-ethyl adjacent to an activating group) is 2. The van der Waals surface area contributed by atoms with Gasteiger partial charge in [0.05, 0.1) is 0 Å². The molecule has 0 amide bonds. The van der Waals surface area contributed by atoms with Gasteiger partial charge in [-0.15, -0.1) is 0 Å². The van der Waals surface area contributed by atoms with Crippen LogP contribution < -0.4 is 5.32 Å². The van der Waals surface area contributed by atoms with E-state index in [-0.39, 0.29) is 0 Å². The molecule has 1 aliphatic rings. The predicted octanol–water partition coefficient (Wildman–Crippen LogP) is 2.74. The standard InChI is InChI=1S/C14H30N2/c1-6-12-7-8-13(15-4)14(9-12)16(5)10-11(2)3/h11-15H,6-10H2,1-5H3. The first-order valence-electron chi connectivity index (χ1n) is 6.95. The van der Waals surface area contributed by atoms with Crippen LogP contribution >= 0.6 is 0 Å². The average Bonchev–Trinajstić information content (AvgIpc) is 2.27. The van der Waals surface area contributed by atoms with Gasteiger partial charge < -0.3 is 10.2 Å². The summed E-state index contributed by atoms with van der Waals surface area (Å²) in [7, 11) is 4.42. The lowest BCUT2D eigenvalue weighted by atomic mass is 9.80. The molecule has 0 bridgehead atoms. The van der Waals surface area contributed by atoms with Crippen molar-refractivity contribution in [1.82, 2.24) is 10.2 Å². The second-order valence-electron chi connectivity index (χ2n) is 5.88. The quantitative estimate of drug-likeness (QED) is 0.775. The third-order valence-corrected chi connectivity index (χ3v) is 4.09. The van der Waals surface area contributed by atoms with E-state index in [0.717, 1.165) is 17.9 Å². The van der Waals surface area contributed by atoms with Gasteiger partial charge in [-0.3, -0.25) is 0 Å². The van der Waals surface area contributed by atoms with Crippen molar-refractivity contribution in [3.05, 3.63) is 0 Å². The van der Waals surface area contributed by atoms with Crippen LogP contribution in [0.3, 0.4) is 0 Å². The van der Waals surface area contributed by atoms with Crippen LogP contribution in [0.15, 0.2) is 0 Å². The first-order chi connectivity index (χ1) is 7.58. The van der Waals surface area contributed by atoms with Gasteiger partial charge in [-0.25, -0.2) is 0 Å². The molecule has 0 aliphatic heterocycles. The minimum atomic E-state index is 0.701. The zero-order valence-corrected chi connectivity index (χ0v) is 11.8. The van der Waals surface area contributed by atoms with Crippen molar-refractivity contribution in [2.24, 2.45) is 11.8 Å². The molecule has 0 aromatic rings. The lowest BCUT2D eigenvalue weighted by Crippen LogP contribution is -2.51. The van der Waals surface area contributed by atoms with Crippen LogP contribution in [0.2, 0.25) is 0 Å². The molecule has 2 heteroatoms. The van der Waals surface area contributed by atoms with E-state index in [1.54, 1.807) is 0 Å².